The van der Waals surface area contributed by atoms with Crippen molar-refractivity contribution in [2.24, 2.45) is 10.3 Å². The summed E-state index contributed by atoms with van der Waals surface area (Å²) in [4.78, 5) is 14.9. The molecule has 8 heteroatoms. The van der Waals surface area contributed by atoms with E-state index in [9.17, 15) is 13.2 Å². The average molecular weight is 486 g/mol. The van der Waals surface area contributed by atoms with Crippen LogP contribution in [0.1, 0.15) is 43.7 Å². The number of nitrogens with zero attached hydrogens (tertiary/aromatic N) is 2. The summed E-state index contributed by atoms with van der Waals surface area (Å²) in [5.41, 5.74) is 2.42. The molecule has 2 aromatic carbocycles. The maximum Gasteiger partial charge on any atom is 0.285 e. The molecular formula is C25H28ClN3O3S. The summed E-state index contributed by atoms with van der Waals surface area (Å²) in [5, 5.41) is 3.63. The Kier molecular flexibility index (Phi) is 6.91. The predicted octanol–water partition coefficient (Wildman–Crippen LogP) is 4.44. The van der Waals surface area contributed by atoms with Crippen LogP contribution in [0.4, 0.5) is 0 Å². The van der Waals surface area contributed by atoms with E-state index in [-0.39, 0.29) is 22.6 Å². The highest BCUT2D eigenvalue weighted by Crippen LogP contribution is 2.35. The minimum absolute atomic E-state index is 0.0625. The van der Waals surface area contributed by atoms with Crippen LogP contribution in [0.15, 0.2) is 64.6 Å². The van der Waals surface area contributed by atoms with Gasteiger partial charge in [-0.25, -0.2) is 0 Å². The van der Waals surface area contributed by atoms with Crippen molar-refractivity contribution in [3.63, 3.8) is 0 Å². The van der Waals surface area contributed by atoms with Crippen molar-refractivity contribution >= 4 is 38.3 Å². The molecule has 0 radical (unpaired) electrons. The van der Waals surface area contributed by atoms with Crippen molar-refractivity contribution in [1.82, 2.24) is 10.2 Å². The largest absolute Gasteiger partial charge is 0.356 e. The van der Waals surface area contributed by atoms with Gasteiger partial charge in [-0.1, -0.05) is 61.0 Å². The highest BCUT2D eigenvalue weighted by atomic mass is 35.5. The molecule has 0 aliphatic carbocycles. The van der Waals surface area contributed by atoms with Gasteiger partial charge in [-0.2, -0.15) is 8.42 Å². The molecule has 0 bridgehead atoms. The number of rotatable bonds is 5. The second-order valence-electron chi connectivity index (χ2n) is 8.67. The molecule has 2 heterocycles. The van der Waals surface area contributed by atoms with Crippen molar-refractivity contribution in [3.8, 4) is 0 Å². The zero-order valence-electron chi connectivity index (χ0n) is 18.8. The normalized spacial score (nSPS) is 19.4. The van der Waals surface area contributed by atoms with Gasteiger partial charge >= 0.3 is 0 Å². The monoisotopic (exact) mass is 485 g/mol. The van der Waals surface area contributed by atoms with E-state index in [2.05, 4.69) is 28.8 Å². The van der Waals surface area contributed by atoms with Gasteiger partial charge in [0.15, 0.2) is 0 Å². The van der Waals surface area contributed by atoms with Gasteiger partial charge in [0.2, 0.25) is 5.91 Å². The average Bonchev–Trinajstić information content (AvgIpc) is 3.07. The summed E-state index contributed by atoms with van der Waals surface area (Å²) >= 11 is 5.95. The molecule has 1 N–H and O–H groups in total. The molecule has 174 valence electrons. The summed E-state index contributed by atoms with van der Waals surface area (Å²) in [6.45, 7) is 5.67. The number of sulfonamides is 1. The molecule has 2 aliphatic heterocycles. The fourth-order valence-electron chi connectivity index (χ4n) is 4.44. The summed E-state index contributed by atoms with van der Waals surface area (Å²) in [6.07, 6.45) is 1.32. The molecular weight excluding hydrogens is 458 g/mol. The van der Waals surface area contributed by atoms with Gasteiger partial charge in [-0.15, -0.1) is 4.40 Å². The summed E-state index contributed by atoms with van der Waals surface area (Å²) in [5.74, 6) is 0.708. The molecule has 1 atom stereocenters. The number of amidine groups is 1. The third kappa shape index (κ3) is 5.14. The van der Waals surface area contributed by atoms with Gasteiger partial charge in [0, 0.05) is 36.1 Å². The minimum atomic E-state index is -3.77. The van der Waals surface area contributed by atoms with E-state index < -0.39 is 10.0 Å². The third-order valence-corrected chi connectivity index (χ3v) is 8.09. The molecule has 1 amide bonds. The molecule has 0 spiro atoms. The number of hydrogen-bond acceptors (Lipinski definition) is 4. The van der Waals surface area contributed by atoms with Gasteiger partial charge in [0.05, 0.1) is 0 Å². The number of piperidine rings is 1. The van der Waals surface area contributed by atoms with E-state index in [4.69, 9.17) is 11.6 Å². The maximum absolute atomic E-state index is 12.8. The quantitative estimate of drug-likeness (QED) is 0.678. The van der Waals surface area contributed by atoms with E-state index in [1.807, 2.05) is 23.1 Å². The molecule has 2 aliphatic rings. The first kappa shape index (κ1) is 23.5. The second-order valence-corrected chi connectivity index (χ2v) is 10.6. The lowest BCUT2D eigenvalue weighted by molar-refractivity contribution is -0.126. The molecule has 4 rings (SSSR count). The minimum Gasteiger partial charge on any atom is -0.356 e. The Hall–Kier alpha value is -2.64. The van der Waals surface area contributed by atoms with Crippen LogP contribution in [0.25, 0.3) is 4.91 Å². The molecule has 6 nitrogen and oxygen atoms in total. The highest BCUT2D eigenvalue weighted by molar-refractivity contribution is 8.00. The Morgan fingerprint density at radius 2 is 1.76 bits per heavy atom. The standard InChI is InChI=1S/C25H28ClN3O3S/c1-17(19-6-4-3-5-7-19)16-27-25(30)21-12-14-29(15-13-21)24-18(2)23(33(31,32)28-24)20-8-10-22(26)11-9-20/h3-11,17,21H,12-16H2,1-2H3,(H,27,30)/t17-/m1/s1. The number of nitrogens with one attached hydrogen (secondary N) is 1. The Morgan fingerprint density at radius 1 is 1.12 bits per heavy atom. The van der Waals surface area contributed by atoms with Crippen LogP contribution in [-0.2, 0) is 14.8 Å². The van der Waals surface area contributed by atoms with Crippen molar-refractivity contribution in [1.29, 1.82) is 0 Å². The summed E-state index contributed by atoms with van der Waals surface area (Å²) < 4.78 is 29.6. The Balaban J connectivity index is 1.37. The lowest BCUT2D eigenvalue weighted by atomic mass is 9.94. The van der Waals surface area contributed by atoms with Crippen molar-refractivity contribution in [2.75, 3.05) is 19.6 Å². The summed E-state index contributed by atoms with van der Waals surface area (Å²) in [7, 11) is -3.77. The van der Waals surface area contributed by atoms with E-state index in [0.29, 0.717) is 54.5 Å². The summed E-state index contributed by atoms with van der Waals surface area (Å²) in [6, 6.07) is 16.9. The van der Waals surface area contributed by atoms with E-state index >= 15 is 0 Å². The SMILES string of the molecule is CC1=C(c2ccc(Cl)cc2)S(=O)(=O)N=C1N1CCC(C(=O)NC[C@@H](C)c2ccccc2)CC1. The number of likely N-dealkylation sites (tertiary alicyclic amines) is 1. The number of hydrogen-bond donors (Lipinski definition) is 1. The first-order valence-electron chi connectivity index (χ1n) is 11.2. The highest BCUT2D eigenvalue weighted by Gasteiger charge is 2.35. The number of amides is 1. The van der Waals surface area contributed by atoms with Gasteiger partial charge in [-0.05, 0) is 48.9 Å². The topological polar surface area (TPSA) is 78.8 Å². The van der Waals surface area contributed by atoms with Crippen molar-refractivity contribution in [2.45, 2.75) is 32.6 Å². The van der Waals surface area contributed by atoms with Crippen LogP contribution in [0.5, 0.6) is 0 Å². The van der Waals surface area contributed by atoms with E-state index in [1.165, 1.54) is 5.56 Å². The Morgan fingerprint density at radius 3 is 2.39 bits per heavy atom. The smallest absolute Gasteiger partial charge is 0.285 e. The van der Waals surface area contributed by atoms with E-state index in [1.54, 1.807) is 31.2 Å². The van der Waals surface area contributed by atoms with Crippen molar-refractivity contribution < 1.29 is 13.2 Å². The van der Waals surface area contributed by atoms with Crippen LogP contribution in [0, 0.1) is 5.92 Å². The van der Waals surface area contributed by atoms with Crippen LogP contribution in [-0.4, -0.2) is 44.7 Å². The molecule has 0 unspecified atom stereocenters. The van der Waals surface area contributed by atoms with Crippen LogP contribution in [0.2, 0.25) is 5.02 Å². The number of halogens is 1. The first-order chi connectivity index (χ1) is 15.8. The maximum atomic E-state index is 12.8. The zero-order valence-corrected chi connectivity index (χ0v) is 20.4. The molecule has 1 saturated heterocycles. The fraction of sp³-hybridized carbons (Fsp3) is 0.360. The van der Waals surface area contributed by atoms with Crippen LogP contribution in [0.3, 0.4) is 0 Å². The zero-order chi connectivity index (χ0) is 23.6. The fourth-order valence-corrected chi connectivity index (χ4v) is 6.04. The van der Waals surface area contributed by atoms with Gasteiger partial charge in [-0.3, -0.25) is 4.79 Å². The molecule has 33 heavy (non-hydrogen) atoms. The van der Waals surface area contributed by atoms with Crippen molar-refractivity contribution in [3.05, 3.63) is 76.3 Å². The lowest BCUT2D eigenvalue weighted by Gasteiger charge is -2.33. The van der Waals surface area contributed by atoms with Gasteiger partial charge < -0.3 is 10.2 Å². The number of carbonyl (C=O) groups is 1. The van der Waals surface area contributed by atoms with Gasteiger partial charge in [0.1, 0.15) is 10.7 Å². The third-order valence-electron chi connectivity index (χ3n) is 6.36. The van der Waals surface area contributed by atoms with Gasteiger partial charge in [0.25, 0.3) is 10.0 Å². The number of benzene rings is 2. The Labute approximate surface area is 200 Å². The second kappa shape index (κ2) is 9.69. The molecule has 0 aromatic heterocycles. The molecule has 1 fully saturated rings. The predicted molar refractivity (Wildman–Crippen MR) is 133 cm³/mol. The first-order valence-corrected chi connectivity index (χ1v) is 13.0. The molecule has 0 saturated carbocycles. The van der Waals surface area contributed by atoms with Crippen LogP contribution >= 0.6 is 11.6 Å². The lowest BCUT2D eigenvalue weighted by Crippen LogP contribution is -2.43. The van der Waals surface area contributed by atoms with Crippen LogP contribution < -0.4 is 5.32 Å². The van der Waals surface area contributed by atoms with E-state index in [0.717, 1.165) is 0 Å². The molecule has 2 aromatic rings. The number of carbonyl (C=O) groups excluding carboxylic acids is 1. The Bertz CT molecular complexity index is 1180.